The summed E-state index contributed by atoms with van der Waals surface area (Å²) in [6.07, 6.45) is 0. The van der Waals surface area contributed by atoms with Crippen molar-refractivity contribution in [3.63, 3.8) is 0 Å². The fourth-order valence-electron chi connectivity index (χ4n) is 1.54. The zero-order valence-electron chi connectivity index (χ0n) is 12.6. The summed E-state index contributed by atoms with van der Waals surface area (Å²) in [7, 11) is 0. The average Bonchev–Trinajstić information content (AvgIpc) is 2.36. The predicted octanol–water partition coefficient (Wildman–Crippen LogP) is 1.90. The van der Waals surface area contributed by atoms with Gasteiger partial charge in [0.15, 0.2) is 0 Å². The molecule has 0 aliphatic rings. The van der Waals surface area contributed by atoms with Gasteiger partial charge in [-0.05, 0) is 45.0 Å². The second-order valence-corrected chi connectivity index (χ2v) is 6.01. The molecule has 5 nitrogen and oxygen atoms in total. The number of carbonyl (C=O) groups excluding carboxylic acids is 2. The number of rotatable bonds is 6. The van der Waals surface area contributed by atoms with Crippen LogP contribution in [0.2, 0.25) is 0 Å². The van der Waals surface area contributed by atoms with Gasteiger partial charge < -0.3 is 15.4 Å². The van der Waals surface area contributed by atoms with E-state index in [0.29, 0.717) is 23.5 Å². The first-order valence-corrected chi connectivity index (χ1v) is 7.16. The van der Waals surface area contributed by atoms with Crippen molar-refractivity contribution in [2.24, 2.45) is 0 Å². The van der Waals surface area contributed by atoms with Crippen LogP contribution in [0.4, 0.5) is 0 Å². The molecule has 1 rings (SSSR count). The molecular formula is C15H21N2O3S. The first-order chi connectivity index (χ1) is 9.78. The first-order valence-electron chi connectivity index (χ1n) is 6.76. The molecule has 0 fully saturated rings. The molecule has 0 atom stereocenters. The van der Waals surface area contributed by atoms with E-state index in [-0.39, 0.29) is 18.4 Å². The molecule has 115 valence electrons. The largest absolute Gasteiger partial charge is 0.459 e. The van der Waals surface area contributed by atoms with Crippen LogP contribution in [0.15, 0.2) is 29.2 Å². The van der Waals surface area contributed by atoms with E-state index >= 15 is 0 Å². The fourth-order valence-corrected chi connectivity index (χ4v) is 1.68. The summed E-state index contributed by atoms with van der Waals surface area (Å²) < 4.78 is 5.15. The Labute approximate surface area is 130 Å². The van der Waals surface area contributed by atoms with Gasteiger partial charge in [0.1, 0.15) is 5.60 Å². The summed E-state index contributed by atoms with van der Waals surface area (Å²) in [5, 5.41) is 5.67. The molecule has 0 bridgehead atoms. The van der Waals surface area contributed by atoms with Gasteiger partial charge in [-0.3, -0.25) is 9.59 Å². The van der Waals surface area contributed by atoms with Crippen LogP contribution < -0.4 is 10.6 Å². The van der Waals surface area contributed by atoms with E-state index in [0.717, 1.165) is 0 Å². The maximum atomic E-state index is 11.8. The van der Waals surface area contributed by atoms with Gasteiger partial charge in [0.2, 0.25) is 0 Å². The van der Waals surface area contributed by atoms with E-state index in [1.807, 2.05) is 20.8 Å². The van der Waals surface area contributed by atoms with Crippen molar-refractivity contribution < 1.29 is 14.3 Å². The lowest BCUT2D eigenvalue weighted by Crippen LogP contribution is -2.36. The molecule has 0 spiro atoms. The number of hydrogen-bond donors (Lipinski definition) is 2. The molecular weight excluding hydrogens is 288 g/mol. The summed E-state index contributed by atoms with van der Waals surface area (Å²) in [4.78, 5) is 23.9. The number of carbonyl (C=O) groups is 2. The van der Waals surface area contributed by atoms with Crippen molar-refractivity contribution in [3.8, 4) is 0 Å². The van der Waals surface area contributed by atoms with Crippen molar-refractivity contribution in [2.75, 3.05) is 19.6 Å². The van der Waals surface area contributed by atoms with Crippen LogP contribution in [0.25, 0.3) is 0 Å². The number of benzene rings is 1. The molecule has 0 aromatic heterocycles. The van der Waals surface area contributed by atoms with E-state index in [2.05, 4.69) is 10.6 Å². The number of ether oxygens (including phenoxy) is 1. The summed E-state index contributed by atoms with van der Waals surface area (Å²) >= 11 is 4.96. The van der Waals surface area contributed by atoms with Crippen molar-refractivity contribution in [3.05, 3.63) is 29.8 Å². The Morgan fingerprint density at radius 3 is 2.33 bits per heavy atom. The summed E-state index contributed by atoms with van der Waals surface area (Å²) in [5.74, 6) is -0.473. The fraction of sp³-hybridized carbons (Fsp3) is 0.467. The van der Waals surface area contributed by atoms with Gasteiger partial charge in [0, 0.05) is 23.5 Å². The second kappa shape index (κ2) is 7.95. The van der Waals surface area contributed by atoms with Crippen molar-refractivity contribution in [2.45, 2.75) is 31.3 Å². The highest BCUT2D eigenvalue weighted by Crippen LogP contribution is 2.07. The molecule has 0 heterocycles. The minimum atomic E-state index is -0.482. The van der Waals surface area contributed by atoms with Crippen molar-refractivity contribution in [1.29, 1.82) is 0 Å². The van der Waals surface area contributed by atoms with Crippen LogP contribution in [0.3, 0.4) is 0 Å². The molecule has 1 amide bonds. The quantitative estimate of drug-likeness (QED) is 0.622. The van der Waals surface area contributed by atoms with Crippen LogP contribution in [0.1, 0.15) is 31.1 Å². The summed E-state index contributed by atoms with van der Waals surface area (Å²) in [6.45, 7) is 6.50. The maximum absolute atomic E-state index is 11.8. The Morgan fingerprint density at radius 1 is 1.14 bits per heavy atom. The standard InChI is InChI=1S/C15H21N2O3S/c1-15(2,3)20-13(18)10-16-8-9-17-14(19)11-4-6-12(21)7-5-11/h4-7,16H,8-10H2,1-3H3,(H,17,19). The zero-order valence-corrected chi connectivity index (χ0v) is 13.4. The molecule has 0 saturated heterocycles. The molecule has 2 N–H and O–H groups in total. The highest BCUT2D eigenvalue weighted by atomic mass is 32.1. The molecule has 1 aromatic carbocycles. The number of amides is 1. The van der Waals surface area contributed by atoms with E-state index in [4.69, 9.17) is 17.4 Å². The Morgan fingerprint density at radius 2 is 1.76 bits per heavy atom. The topological polar surface area (TPSA) is 67.4 Å². The molecule has 21 heavy (non-hydrogen) atoms. The average molecular weight is 309 g/mol. The van der Waals surface area contributed by atoms with Gasteiger partial charge in [0.25, 0.3) is 5.91 Å². The second-order valence-electron chi connectivity index (χ2n) is 5.54. The minimum absolute atomic E-state index is 0.123. The third-order valence-corrected chi connectivity index (χ3v) is 2.67. The van der Waals surface area contributed by atoms with Crippen molar-refractivity contribution in [1.82, 2.24) is 10.6 Å². The predicted molar refractivity (Wildman–Crippen MR) is 83.3 cm³/mol. The number of nitrogens with one attached hydrogen (secondary N) is 2. The van der Waals surface area contributed by atoms with Crippen LogP contribution in [0, 0.1) is 0 Å². The molecule has 0 saturated carbocycles. The maximum Gasteiger partial charge on any atom is 0.320 e. The smallest absolute Gasteiger partial charge is 0.320 e. The lowest BCUT2D eigenvalue weighted by Gasteiger charge is -2.19. The Bertz CT molecular complexity index is 481. The Balaban J connectivity index is 2.18. The molecule has 0 aliphatic heterocycles. The van der Waals surface area contributed by atoms with Gasteiger partial charge in [0.05, 0.1) is 6.54 Å². The molecule has 6 heteroatoms. The van der Waals surface area contributed by atoms with Gasteiger partial charge in [-0.15, -0.1) is 0 Å². The Kier molecular flexibility index (Phi) is 6.58. The molecule has 0 aliphatic carbocycles. The van der Waals surface area contributed by atoms with Gasteiger partial charge in [-0.2, -0.15) is 0 Å². The van der Waals surface area contributed by atoms with Gasteiger partial charge in [-0.25, -0.2) is 0 Å². The number of hydrogen-bond acceptors (Lipinski definition) is 4. The minimum Gasteiger partial charge on any atom is -0.459 e. The van der Waals surface area contributed by atoms with Crippen LogP contribution in [0.5, 0.6) is 0 Å². The highest BCUT2D eigenvalue weighted by Gasteiger charge is 2.15. The van der Waals surface area contributed by atoms with E-state index < -0.39 is 5.60 Å². The normalized spacial score (nSPS) is 11.0. The summed E-state index contributed by atoms with van der Waals surface area (Å²) in [5.41, 5.74) is 0.0832. The monoisotopic (exact) mass is 309 g/mol. The lowest BCUT2D eigenvalue weighted by molar-refractivity contribution is -0.153. The SMILES string of the molecule is CC(C)(C)OC(=O)CNCCNC(=O)c1ccc([S])cc1. The van der Waals surface area contributed by atoms with E-state index in [1.165, 1.54) is 0 Å². The number of esters is 1. The van der Waals surface area contributed by atoms with E-state index in [1.54, 1.807) is 24.3 Å². The van der Waals surface area contributed by atoms with E-state index in [9.17, 15) is 9.59 Å². The zero-order chi connectivity index (χ0) is 15.9. The molecule has 1 aromatic rings. The van der Waals surface area contributed by atoms with Crippen LogP contribution in [-0.4, -0.2) is 37.1 Å². The van der Waals surface area contributed by atoms with Gasteiger partial charge in [-0.1, -0.05) is 12.6 Å². The van der Waals surface area contributed by atoms with Gasteiger partial charge >= 0.3 is 5.97 Å². The van der Waals surface area contributed by atoms with Crippen LogP contribution >= 0.6 is 12.6 Å². The molecule has 0 unspecified atom stereocenters. The Hall–Kier alpha value is -1.66. The van der Waals surface area contributed by atoms with Crippen molar-refractivity contribution >= 4 is 24.5 Å². The van der Waals surface area contributed by atoms with Crippen LogP contribution in [-0.2, 0) is 9.53 Å². The molecule has 1 radical (unpaired) electrons. The summed E-state index contributed by atoms with van der Waals surface area (Å²) in [6, 6.07) is 6.80. The third kappa shape index (κ3) is 7.63. The third-order valence-electron chi connectivity index (χ3n) is 2.39. The first kappa shape index (κ1) is 17.4. The highest BCUT2D eigenvalue weighted by molar-refractivity contribution is 7.80. The lowest BCUT2D eigenvalue weighted by atomic mass is 10.2.